The smallest absolute Gasteiger partial charge is 0.118 e. The molecule has 1 nitrogen and oxygen atoms in total. The standard InChI is InChI=1S/C36H42O/c1-4-5-6-7-8-9-10-11-16-29-20-22-30(23-21-29)33-17-12-13-18-34(33)35-19-14-15-28(2)36(35)31-24-26-32(37-3)27-25-31/h12-15,17-27H,4-11,16H2,1-3H3. The maximum atomic E-state index is 5.39. The molecule has 0 bridgehead atoms. The molecule has 0 N–H and O–H groups in total. The van der Waals surface area contributed by atoms with E-state index in [0.717, 1.165) is 5.75 Å². The lowest BCUT2D eigenvalue weighted by Gasteiger charge is -2.17. The van der Waals surface area contributed by atoms with Crippen molar-refractivity contribution in [1.82, 2.24) is 0 Å². The van der Waals surface area contributed by atoms with Crippen molar-refractivity contribution in [1.29, 1.82) is 0 Å². The predicted molar refractivity (Wildman–Crippen MR) is 160 cm³/mol. The third-order valence-corrected chi connectivity index (χ3v) is 7.45. The summed E-state index contributed by atoms with van der Waals surface area (Å²) in [5, 5.41) is 0. The van der Waals surface area contributed by atoms with E-state index in [1.54, 1.807) is 7.11 Å². The highest BCUT2D eigenvalue weighted by atomic mass is 16.5. The first-order valence-corrected chi connectivity index (χ1v) is 14.1. The van der Waals surface area contributed by atoms with Gasteiger partial charge in [0, 0.05) is 0 Å². The van der Waals surface area contributed by atoms with E-state index in [9.17, 15) is 0 Å². The molecule has 0 unspecified atom stereocenters. The Morgan fingerprint density at radius 2 is 1.14 bits per heavy atom. The summed E-state index contributed by atoms with van der Waals surface area (Å²) in [6.07, 6.45) is 12.1. The van der Waals surface area contributed by atoms with Gasteiger partial charge in [-0.1, -0.05) is 131 Å². The highest BCUT2D eigenvalue weighted by Gasteiger charge is 2.14. The molecule has 4 aromatic rings. The maximum absolute atomic E-state index is 5.39. The summed E-state index contributed by atoms with van der Waals surface area (Å²) >= 11 is 0. The molecule has 0 aliphatic heterocycles. The lowest BCUT2D eigenvalue weighted by Crippen LogP contribution is -1.92. The van der Waals surface area contributed by atoms with Gasteiger partial charge in [0.1, 0.15) is 5.75 Å². The number of hydrogen-bond acceptors (Lipinski definition) is 1. The van der Waals surface area contributed by atoms with Crippen molar-refractivity contribution >= 4 is 0 Å². The second-order valence-electron chi connectivity index (χ2n) is 10.2. The fourth-order valence-corrected chi connectivity index (χ4v) is 5.32. The average Bonchev–Trinajstić information content (AvgIpc) is 2.95. The molecule has 0 atom stereocenters. The molecule has 0 radical (unpaired) electrons. The first-order chi connectivity index (χ1) is 18.2. The molecule has 192 valence electrons. The second kappa shape index (κ2) is 13.8. The van der Waals surface area contributed by atoms with Crippen LogP contribution in [0, 0.1) is 6.92 Å². The number of aryl methyl sites for hydroxylation is 2. The molecule has 0 aliphatic rings. The monoisotopic (exact) mass is 490 g/mol. The van der Waals surface area contributed by atoms with Gasteiger partial charge in [-0.05, 0) is 76.4 Å². The summed E-state index contributed by atoms with van der Waals surface area (Å²) in [5.74, 6) is 0.881. The van der Waals surface area contributed by atoms with E-state index < -0.39 is 0 Å². The Balaban J connectivity index is 1.51. The third-order valence-electron chi connectivity index (χ3n) is 7.45. The highest BCUT2D eigenvalue weighted by Crippen LogP contribution is 2.40. The molecular weight excluding hydrogens is 448 g/mol. The molecule has 0 spiro atoms. The van der Waals surface area contributed by atoms with Crippen LogP contribution in [-0.2, 0) is 6.42 Å². The van der Waals surface area contributed by atoms with Gasteiger partial charge in [0.25, 0.3) is 0 Å². The summed E-state index contributed by atoms with van der Waals surface area (Å²) in [5.41, 5.74) is 10.3. The molecule has 0 aromatic heterocycles. The van der Waals surface area contributed by atoms with Crippen molar-refractivity contribution in [2.45, 2.75) is 71.6 Å². The van der Waals surface area contributed by atoms with Gasteiger partial charge in [0.05, 0.1) is 7.11 Å². The minimum Gasteiger partial charge on any atom is -0.497 e. The number of hydrogen-bond donors (Lipinski definition) is 0. The van der Waals surface area contributed by atoms with Gasteiger partial charge in [-0.25, -0.2) is 0 Å². The molecule has 0 amide bonds. The zero-order valence-corrected chi connectivity index (χ0v) is 22.9. The zero-order chi connectivity index (χ0) is 25.9. The van der Waals surface area contributed by atoms with Gasteiger partial charge in [-0.3, -0.25) is 0 Å². The molecule has 0 saturated carbocycles. The van der Waals surface area contributed by atoms with Gasteiger partial charge in [0.15, 0.2) is 0 Å². The largest absolute Gasteiger partial charge is 0.497 e. The summed E-state index contributed by atoms with van der Waals surface area (Å²) in [6, 6.07) is 33.1. The van der Waals surface area contributed by atoms with Crippen molar-refractivity contribution in [3.05, 3.63) is 102 Å². The Morgan fingerprint density at radius 3 is 1.81 bits per heavy atom. The Labute approximate surface area is 224 Å². The van der Waals surface area contributed by atoms with Crippen molar-refractivity contribution in [2.24, 2.45) is 0 Å². The van der Waals surface area contributed by atoms with Crippen LogP contribution < -0.4 is 4.74 Å². The quantitative estimate of drug-likeness (QED) is 0.169. The van der Waals surface area contributed by atoms with Gasteiger partial charge < -0.3 is 4.74 Å². The van der Waals surface area contributed by atoms with Crippen molar-refractivity contribution in [3.8, 4) is 39.1 Å². The Morgan fingerprint density at radius 1 is 0.541 bits per heavy atom. The van der Waals surface area contributed by atoms with E-state index in [0.29, 0.717) is 0 Å². The van der Waals surface area contributed by atoms with Crippen LogP contribution in [0.4, 0.5) is 0 Å². The maximum Gasteiger partial charge on any atom is 0.118 e. The normalized spacial score (nSPS) is 11.0. The van der Waals surface area contributed by atoms with E-state index in [-0.39, 0.29) is 0 Å². The molecule has 37 heavy (non-hydrogen) atoms. The van der Waals surface area contributed by atoms with Gasteiger partial charge >= 0.3 is 0 Å². The minimum atomic E-state index is 0.881. The van der Waals surface area contributed by atoms with Gasteiger partial charge in [0.2, 0.25) is 0 Å². The van der Waals surface area contributed by atoms with Crippen molar-refractivity contribution < 1.29 is 4.74 Å². The highest BCUT2D eigenvalue weighted by molar-refractivity contribution is 5.92. The first-order valence-electron chi connectivity index (χ1n) is 14.1. The fourth-order valence-electron chi connectivity index (χ4n) is 5.32. The van der Waals surface area contributed by atoms with Crippen LogP contribution in [0.1, 0.15) is 69.4 Å². The molecule has 0 heterocycles. The van der Waals surface area contributed by atoms with E-state index in [2.05, 4.69) is 92.7 Å². The molecule has 4 aromatic carbocycles. The van der Waals surface area contributed by atoms with Crippen LogP contribution >= 0.6 is 0 Å². The average molecular weight is 491 g/mol. The van der Waals surface area contributed by atoms with E-state index in [1.807, 2.05) is 12.1 Å². The second-order valence-corrected chi connectivity index (χ2v) is 10.2. The first kappa shape index (κ1) is 26.7. The summed E-state index contributed by atoms with van der Waals surface area (Å²) in [7, 11) is 1.71. The number of methoxy groups -OCH3 is 1. The SMILES string of the molecule is CCCCCCCCCCc1ccc(-c2ccccc2-c2cccc(C)c2-c2ccc(OC)cc2)cc1. The van der Waals surface area contributed by atoms with E-state index >= 15 is 0 Å². The Bertz CT molecular complexity index is 1230. The van der Waals surface area contributed by atoms with Crippen LogP contribution in [0.5, 0.6) is 5.75 Å². The molecule has 0 aliphatic carbocycles. The minimum absolute atomic E-state index is 0.881. The van der Waals surface area contributed by atoms with Crippen LogP contribution in [0.15, 0.2) is 91.0 Å². The Hall–Kier alpha value is -3.32. The lowest BCUT2D eigenvalue weighted by atomic mass is 9.87. The summed E-state index contributed by atoms with van der Waals surface area (Å²) < 4.78 is 5.39. The fraction of sp³-hybridized carbons (Fsp3) is 0.333. The molecule has 0 saturated heterocycles. The summed E-state index contributed by atoms with van der Waals surface area (Å²) in [6.45, 7) is 4.48. The van der Waals surface area contributed by atoms with Crippen LogP contribution in [-0.4, -0.2) is 7.11 Å². The van der Waals surface area contributed by atoms with Crippen molar-refractivity contribution in [2.75, 3.05) is 7.11 Å². The number of rotatable bonds is 13. The van der Waals surface area contributed by atoms with Crippen LogP contribution in [0.2, 0.25) is 0 Å². The summed E-state index contributed by atoms with van der Waals surface area (Å²) in [4.78, 5) is 0. The number of benzene rings is 4. The van der Waals surface area contributed by atoms with Crippen LogP contribution in [0.25, 0.3) is 33.4 Å². The molecular formula is C36H42O. The topological polar surface area (TPSA) is 9.23 Å². The van der Waals surface area contributed by atoms with E-state index in [4.69, 9.17) is 4.74 Å². The van der Waals surface area contributed by atoms with Gasteiger partial charge in [-0.15, -0.1) is 0 Å². The third kappa shape index (κ3) is 7.13. The Kier molecular flexibility index (Phi) is 10.0. The molecule has 0 fully saturated rings. The lowest BCUT2D eigenvalue weighted by molar-refractivity contribution is 0.415. The molecule has 4 rings (SSSR count). The van der Waals surface area contributed by atoms with Crippen molar-refractivity contribution in [3.63, 3.8) is 0 Å². The zero-order valence-electron chi connectivity index (χ0n) is 22.9. The number of unbranched alkanes of at least 4 members (excludes halogenated alkanes) is 7. The molecule has 1 heteroatoms. The number of ether oxygens (including phenoxy) is 1. The van der Waals surface area contributed by atoms with E-state index in [1.165, 1.54) is 102 Å². The van der Waals surface area contributed by atoms with Crippen LogP contribution in [0.3, 0.4) is 0 Å². The predicted octanol–water partition coefficient (Wildman–Crippen LogP) is 10.7. The van der Waals surface area contributed by atoms with Gasteiger partial charge in [-0.2, -0.15) is 0 Å².